The van der Waals surface area contributed by atoms with E-state index in [1.165, 1.54) is 0 Å². The number of pyridine rings is 1. The van der Waals surface area contributed by atoms with E-state index in [1.54, 1.807) is 18.2 Å². The number of anilines is 2. The van der Waals surface area contributed by atoms with Crippen molar-refractivity contribution >= 4 is 44.9 Å². The molecule has 1 aromatic heterocycles. The summed E-state index contributed by atoms with van der Waals surface area (Å²) in [6.07, 6.45) is 1.06. The smallest absolute Gasteiger partial charge is 0.259 e. The average molecular weight is 373 g/mol. The lowest BCUT2D eigenvalue weighted by molar-refractivity contribution is 0.102. The molecule has 0 saturated carbocycles. The minimum atomic E-state index is -0.572. The number of nitrogens with zero attached hydrogens (tertiary/aromatic N) is 1. The van der Waals surface area contributed by atoms with E-state index in [0.717, 1.165) is 12.3 Å². The lowest BCUT2D eigenvalue weighted by Crippen LogP contribution is -2.16. The zero-order valence-corrected chi connectivity index (χ0v) is 13.4. The Balaban J connectivity index is 2.29. The molecule has 0 spiro atoms. The molecule has 0 radical (unpaired) electrons. The Morgan fingerprint density at radius 1 is 1.43 bits per heavy atom. The minimum absolute atomic E-state index is 0.138. The SMILES string of the molecule is CCNc1ncc(F)cc1C(=O)Nc1ccc(Cl)cc1Br. The first-order valence-corrected chi connectivity index (χ1v) is 7.34. The van der Waals surface area contributed by atoms with Gasteiger partial charge < -0.3 is 10.6 Å². The summed E-state index contributed by atoms with van der Waals surface area (Å²) < 4.78 is 14.0. The van der Waals surface area contributed by atoms with Crippen LogP contribution in [0.3, 0.4) is 0 Å². The number of aromatic nitrogens is 1. The second-order valence-electron chi connectivity index (χ2n) is 4.16. The molecule has 0 unspecified atom stereocenters. The Bertz CT molecular complexity index is 681. The summed E-state index contributed by atoms with van der Waals surface area (Å²) >= 11 is 9.15. The molecule has 2 aromatic rings. The van der Waals surface area contributed by atoms with Crippen LogP contribution in [0, 0.1) is 5.82 Å². The van der Waals surface area contributed by atoms with Crippen molar-refractivity contribution in [2.75, 3.05) is 17.2 Å². The van der Waals surface area contributed by atoms with E-state index >= 15 is 0 Å². The maximum atomic E-state index is 13.3. The van der Waals surface area contributed by atoms with E-state index in [4.69, 9.17) is 11.6 Å². The van der Waals surface area contributed by atoms with Crippen molar-refractivity contribution < 1.29 is 9.18 Å². The van der Waals surface area contributed by atoms with Gasteiger partial charge in [0, 0.05) is 16.0 Å². The third-order valence-corrected chi connectivity index (χ3v) is 3.51. The van der Waals surface area contributed by atoms with Crippen LogP contribution in [-0.4, -0.2) is 17.4 Å². The number of carbonyl (C=O) groups is 1. The summed E-state index contributed by atoms with van der Waals surface area (Å²) in [4.78, 5) is 16.2. The van der Waals surface area contributed by atoms with Gasteiger partial charge >= 0.3 is 0 Å². The van der Waals surface area contributed by atoms with Crippen LogP contribution < -0.4 is 10.6 Å². The number of hydrogen-bond donors (Lipinski definition) is 2. The molecule has 0 aliphatic heterocycles. The molecule has 0 bridgehead atoms. The molecule has 0 aliphatic carbocycles. The number of rotatable bonds is 4. The third kappa shape index (κ3) is 3.92. The summed E-state index contributed by atoms with van der Waals surface area (Å²) in [7, 11) is 0. The fourth-order valence-corrected chi connectivity index (χ4v) is 2.48. The molecule has 4 nitrogen and oxygen atoms in total. The van der Waals surface area contributed by atoms with E-state index in [2.05, 4.69) is 31.5 Å². The van der Waals surface area contributed by atoms with E-state index in [-0.39, 0.29) is 5.56 Å². The summed E-state index contributed by atoms with van der Waals surface area (Å²) in [6.45, 7) is 2.44. The predicted molar refractivity (Wildman–Crippen MR) is 85.5 cm³/mol. The van der Waals surface area contributed by atoms with Gasteiger partial charge in [-0.05, 0) is 47.1 Å². The molecule has 0 fully saturated rings. The summed E-state index contributed by atoms with van der Waals surface area (Å²) in [5.74, 6) is -0.695. The van der Waals surface area contributed by atoms with Crippen LogP contribution in [-0.2, 0) is 0 Å². The van der Waals surface area contributed by atoms with Crippen molar-refractivity contribution in [3.8, 4) is 0 Å². The monoisotopic (exact) mass is 371 g/mol. The summed E-state index contributed by atoms with van der Waals surface area (Å²) in [6, 6.07) is 6.11. The highest BCUT2D eigenvalue weighted by Gasteiger charge is 2.15. The van der Waals surface area contributed by atoms with Crippen LogP contribution in [0.15, 0.2) is 34.9 Å². The van der Waals surface area contributed by atoms with Crippen LogP contribution in [0.2, 0.25) is 5.02 Å². The Labute approximate surface area is 134 Å². The van der Waals surface area contributed by atoms with E-state index in [1.807, 2.05) is 6.92 Å². The quantitative estimate of drug-likeness (QED) is 0.840. The molecule has 1 amide bonds. The van der Waals surface area contributed by atoms with E-state index < -0.39 is 11.7 Å². The van der Waals surface area contributed by atoms with Crippen LogP contribution in [0.25, 0.3) is 0 Å². The van der Waals surface area contributed by atoms with Gasteiger partial charge in [-0.15, -0.1) is 0 Å². The first kappa shape index (κ1) is 15.7. The highest BCUT2D eigenvalue weighted by atomic mass is 79.9. The lowest BCUT2D eigenvalue weighted by atomic mass is 10.2. The Kier molecular flexibility index (Phi) is 5.14. The largest absolute Gasteiger partial charge is 0.370 e. The maximum Gasteiger partial charge on any atom is 0.259 e. The molecule has 1 heterocycles. The van der Waals surface area contributed by atoms with Gasteiger partial charge in [0.05, 0.1) is 17.4 Å². The zero-order valence-electron chi connectivity index (χ0n) is 11.1. The van der Waals surface area contributed by atoms with Crippen LogP contribution in [0.5, 0.6) is 0 Å². The standard InChI is InChI=1S/C14H12BrClFN3O/c1-2-18-13-10(6-9(17)7-19-13)14(21)20-12-4-3-8(16)5-11(12)15/h3-7H,2H2,1H3,(H,18,19)(H,20,21). The Morgan fingerprint density at radius 2 is 2.19 bits per heavy atom. The zero-order chi connectivity index (χ0) is 15.4. The van der Waals surface area contributed by atoms with Crippen molar-refractivity contribution in [1.82, 2.24) is 4.98 Å². The number of amides is 1. The molecule has 7 heteroatoms. The van der Waals surface area contributed by atoms with Gasteiger partial charge in [-0.1, -0.05) is 11.6 Å². The third-order valence-electron chi connectivity index (χ3n) is 2.62. The summed E-state index contributed by atoms with van der Waals surface area (Å²) in [5, 5.41) is 6.15. The number of benzene rings is 1. The Morgan fingerprint density at radius 3 is 2.86 bits per heavy atom. The molecule has 0 atom stereocenters. The first-order valence-electron chi connectivity index (χ1n) is 6.17. The number of halogens is 3. The highest BCUT2D eigenvalue weighted by molar-refractivity contribution is 9.10. The number of carbonyl (C=O) groups excluding carboxylic acids is 1. The predicted octanol–water partition coefficient (Wildman–Crippen LogP) is 4.32. The fraction of sp³-hybridized carbons (Fsp3) is 0.143. The maximum absolute atomic E-state index is 13.3. The Hall–Kier alpha value is -1.66. The fourth-order valence-electron chi connectivity index (χ4n) is 1.70. The van der Waals surface area contributed by atoms with Gasteiger partial charge in [0.1, 0.15) is 11.6 Å². The van der Waals surface area contributed by atoms with Gasteiger partial charge in [0.15, 0.2) is 0 Å². The van der Waals surface area contributed by atoms with Gasteiger partial charge in [-0.25, -0.2) is 9.37 Å². The highest BCUT2D eigenvalue weighted by Crippen LogP contribution is 2.27. The average Bonchev–Trinajstić information content (AvgIpc) is 2.44. The molecular formula is C14H12BrClFN3O. The molecule has 1 aromatic carbocycles. The normalized spacial score (nSPS) is 10.3. The minimum Gasteiger partial charge on any atom is -0.370 e. The summed E-state index contributed by atoms with van der Waals surface area (Å²) in [5.41, 5.74) is 0.676. The molecule has 0 aliphatic rings. The van der Waals surface area contributed by atoms with Crippen molar-refractivity contribution in [3.05, 3.63) is 51.3 Å². The second-order valence-corrected chi connectivity index (χ2v) is 5.45. The van der Waals surface area contributed by atoms with Crippen molar-refractivity contribution in [3.63, 3.8) is 0 Å². The van der Waals surface area contributed by atoms with Crippen LogP contribution in [0.4, 0.5) is 15.9 Å². The van der Waals surface area contributed by atoms with Gasteiger partial charge in [0.25, 0.3) is 5.91 Å². The van der Waals surface area contributed by atoms with Crippen LogP contribution >= 0.6 is 27.5 Å². The molecular weight excluding hydrogens is 361 g/mol. The van der Waals surface area contributed by atoms with Gasteiger partial charge in [0.2, 0.25) is 0 Å². The van der Waals surface area contributed by atoms with Gasteiger partial charge in [-0.3, -0.25) is 4.79 Å². The van der Waals surface area contributed by atoms with Crippen LogP contribution in [0.1, 0.15) is 17.3 Å². The molecule has 2 rings (SSSR count). The van der Waals surface area contributed by atoms with Gasteiger partial charge in [-0.2, -0.15) is 0 Å². The second kappa shape index (κ2) is 6.87. The van der Waals surface area contributed by atoms with E-state index in [9.17, 15) is 9.18 Å². The molecule has 0 saturated heterocycles. The molecule has 2 N–H and O–H groups in total. The first-order chi connectivity index (χ1) is 10.0. The van der Waals surface area contributed by atoms with Crippen molar-refractivity contribution in [2.45, 2.75) is 6.92 Å². The number of hydrogen-bond acceptors (Lipinski definition) is 3. The molecule has 21 heavy (non-hydrogen) atoms. The van der Waals surface area contributed by atoms with E-state index in [0.29, 0.717) is 27.5 Å². The lowest BCUT2D eigenvalue weighted by Gasteiger charge is -2.11. The number of nitrogens with one attached hydrogen (secondary N) is 2. The topological polar surface area (TPSA) is 54.0 Å². The van der Waals surface area contributed by atoms with Crippen molar-refractivity contribution in [2.24, 2.45) is 0 Å². The molecule has 110 valence electrons. The van der Waals surface area contributed by atoms with Crippen molar-refractivity contribution in [1.29, 1.82) is 0 Å².